The summed E-state index contributed by atoms with van der Waals surface area (Å²) in [6.07, 6.45) is 1.10. The highest BCUT2D eigenvalue weighted by atomic mass is 35.5. The lowest BCUT2D eigenvalue weighted by molar-refractivity contribution is -0.136. The molecule has 2 aromatic carbocycles. The van der Waals surface area contributed by atoms with Crippen LogP contribution in [0.1, 0.15) is 12.8 Å². The highest BCUT2D eigenvalue weighted by Crippen LogP contribution is 2.21. The Morgan fingerprint density at radius 1 is 1.07 bits per heavy atom. The number of carbonyl (C=O) groups is 2. The lowest BCUT2D eigenvalue weighted by atomic mass is 9.96. The molecule has 1 fully saturated rings. The Hall–Kier alpha value is -2.78. The van der Waals surface area contributed by atoms with E-state index in [4.69, 9.17) is 22.1 Å². The number of halogens is 1. The first-order valence-corrected chi connectivity index (χ1v) is 11.2. The number of rotatable bonds is 7. The molecule has 1 saturated heterocycles. The topological polar surface area (TPSA) is 119 Å². The second-order valence-electron chi connectivity index (χ2n) is 6.93. The molecule has 30 heavy (non-hydrogen) atoms. The minimum atomic E-state index is -3.77. The smallest absolute Gasteiger partial charge is 0.261 e. The summed E-state index contributed by atoms with van der Waals surface area (Å²) >= 11 is 5.80. The highest BCUT2D eigenvalue weighted by molar-refractivity contribution is 7.92. The molecular weight excluding hydrogens is 430 g/mol. The third kappa shape index (κ3) is 5.64. The lowest BCUT2D eigenvalue weighted by Crippen LogP contribution is -2.43. The van der Waals surface area contributed by atoms with Crippen LogP contribution < -0.4 is 15.2 Å². The molecule has 1 heterocycles. The van der Waals surface area contributed by atoms with Crippen molar-refractivity contribution in [2.24, 2.45) is 11.7 Å². The molecule has 0 bridgehead atoms. The van der Waals surface area contributed by atoms with Crippen LogP contribution in [0.4, 0.5) is 5.69 Å². The third-order valence-corrected chi connectivity index (χ3v) is 6.49. The number of hydrogen-bond donors (Lipinski definition) is 2. The average Bonchev–Trinajstić information content (AvgIpc) is 2.74. The van der Waals surface area contributed by atoms with E-state index < -0.39 is 10.0 Å². The quantitative estimate of drug-likeness (QED) is 0.669. The first-order valence-electron chi connectivity index (χ1n) is 9.33. The number of primary amides is 1. The predicted molar refractivity (Wildman–Crippen MR) is 113 cm³/mol. The van der Waals surface area contributed by atoms with Crippen LogP contribution in [0.2, 0.25) is 5.02 Å². The van der Waals surface area contributed by atoms with E-state index in [9.17, 15) is 18.0 Å². The van der Waals surface area contributed by atoms with E-state index in [0.717, 1.165) is 0 Å². The Bertz CT molecular complexity index is 1000. The summed E-state index contributed by atoms with van der Waals surface area (Å²) in [6.45, 7) is 0.753. The van der Waals surface area contributed by atoms with Crippen molar-refractivity contribution in [2.45, 2.75) is 17.7 Å². The van der Waals surface area contributed by atoms with Crippen molar-refractivity contribution in [1.82, 2.24) is 4.90 Å². The monoisotopic (exact) mass is 451 g/mol. The number of piperidine rings is 1. The Morgan fingerprint density at radius 2 is 1.67 bits per heavy atom. The normalized spacial score (nSPS) is 14.9. The number of hydrogen-bond acceptors (Lipinski definition) is 5. The Labute approximate surface area is 180 Å². The van der Waals surface area contributed by atoms with Crippen molar-refractivity contribution in [2.75, 3.05) is 24.4 Å². The van der Waals surface area contributed by atoms with Crippen LogP contribution in [0, 0.1) is 5.92 Å². The molecule has 3 rings (SSSR count). The van der Waals surface area contributed by atoms with E-state index >= 15 is 0 Å². The molecule has 0 radical (unpaired) electrons. The fourth-order valence-corrected chi connectivity index (χ4v) is 4.28. The van der Waals surface area contributed by atoms with Gasteiger partial charge in [0.05, 0.1) is 4.90 Å². The standard InChI is InChI=1S/C20H22ClN3O5S/c21-15-1-3-16(4-2-15)23-30(27,28)18-7-5-17(6-8-18)29-13-19(25)24-11-9-14(10-12-24)20(22)26/h1-8,14,23H,9-13H2,(H2,22,26). The van der Waals surface area contributed by atoms with E-state index in [0.29, 0.717) is 42.4 Å². The number of ether oxygens (including phenoxy) is 1. The highest BCUT2D eigenvalue weighted by Gasteiger charge is 2.26. The molecule has 0 aliphatic carbocycles. The minimum Gasteiger partial charge on any atom is -0.484 e. The van der Waals surface area contributed by atoms with Gasteiger partial charge in [0.15, 0.2) is 6.61 Å². The SMILES string of the molecule is NC(=O)C1CCN(C(=O)COc2ccc(S(=O)(=O)Nc3ccc(Cl)cc3)cc2)CC1. The second-order valence-corrected chi connectivity index (χ2v) is 9.05. The summed E-state index contributed by atoms with van der Waals surface area (Å²) in [6, 6.07) is 12.1. The molecule has 160 valence electrons. The van der Waals surface area contributed by atoms with Crippen LogP contribution in [0.15, 0.2) is 53.4 Å². The van der Waals surface area contributed by atoms with E-state index in [1.54, 1.807) is 29.2 Å². The van der Waals surface area contributed by atoms with Gasteiger partial charge >= 0.3 is 0 Å². The van der Waals surface area contributed by atoms with Crippen LogP contribution in [-0.4, -0.2) is 44.8 Å². The first kappa shape index (κ1) is 21.9. The number of carbonyl (C=O) groups excluding carboxylic acids is 2. The second kappa shape index (κ2) is 9.36. The zero-order valence-electron chi connectivity index (χ0n) is 16.1. The minimum absolute atomic E-state index is 0.0599. The fraction of sp³-hybridized carbons (Fsp3) is 0.300. The molecule has 0 atom stereocenters. The van der Waals surface area contributed by atoms with E-state index in [2.05, 4.69) is 4.72 Å². The van der Waals surface area contributed by atoms with Crippen LogP contribution >= 0.6 is 11.6 Å². The maximum atomic E-state index is 12.5. The Balaban J connectivity index is 1.53. The van der Waals surface area contributed by atoms with Crippen molar-refractivity contribution in [3.05, 3.63) is 53.6 Å². The summed E-state index contributed by atoms with van der Waals surface area (Å²) in [5, 5.41) is 0.506. The fourth-order valence-electron chi connectivity index (χ4n) is 3.10. The van der Waals surface area contributed by atoms with E-state index in [1.165, 1.54) is 24.3 Å². The maximum absolute atomic E-state index is 12.5. The van der Waals surface area contributed by atoms with Gasteiger partial charge in [-0.1, -0.05) is 11.6 Å². The summed E-state index contributed by atoms with van der Waals surface area (Å²) in [5.74, 6) is -0.343. The van der Waals surface area contributed by atoms with Gasteiger partial charge in [0.1, 0.15) is 5.75 Å². The molecule has 0 aromatic heterocycles. The van der Waals surface area contributed by atoms with Gasteiger partial charge in [0.2, 0.25) is 5.91 Å². The molecule has 1 aliphatic heterocycles. The number of anilines is 1. The summed E-state index contributed by atoms with van der Waals surface area (Å²) in [7, 11) is -3.77. The van der Waals surface area contributed by atoms with Gasteiger partial charge in [-0.05, 0) is 61.4 Å². The van der Waals surface area contributed by atoms with Gasteiger partial charge in [0, 0.05) is 29.7 Å². The van der Waals surface area contributed by atoms with E-state index in [1.807, 2.05) is 0 Å². The molecule has 0 unspecified atom stereocenters. The van der Waals surface area contributed by atoms with Gasteiger partial charge in [-0.15, -0.1) is 0 Å². The van der Waals surface area contributed by atoms with Crippen molar-refractivity contribution >= 4 is 39.1 Å². The largest absolute Gasteiger partial charge is 0.484 e. The van der Waals surface area contributed by atoms with Crippen molar-refractivity contribution in [3.63, 3.8) is 0 Å². The zero-order chi connectivity index (χ0) is 21.7. The van der Waals surface area contributed by atoms with Crippen molar-refractivity contribution < 1.29 is 22.7 Å². The van der Waals surface area contributed by atoms with Crippen LogP contribution in [0.5, 0.6) is 5.75 Å². The van der Waals surface area contributed by atoms with Gasteiger partial charge in [-0.3, -0.25) is 14.3 Å². The zero-order valence-corrected chi connectivity index (χ0v) is 17.7. The van der Waals surface area contributed by atoms with Crippen LogP contribution in [-0.2, 0) is 19.6 Å². The molecule has 0 spiro atoms. The van der Waals surface area contributed by atoms with E-state index in [-0.39, 0.29) is 29.2 Å². The van der Waals surface area contributed by atoms with Crippen molar-refractivity contribution in [1.29, 1.82) is 0 Å². The number of benzene rings is 2. The lowest BCUT2D eigenvalue weighted by Gasteiger charge is -2.30. The Kier molecular flexibility index (Phi) is 6.84. The van der Waals surface area contributed by atoms with Crippen molar-refractivity contribution in [3.8, 4) is 5.75 Å². The first-order chi connectivity index (χ1) is 14.2. The number of sulfonamides is 1. The van der Waals surface area contributed by atoms with Gasteiger partial charge in [-0.2, -0.15) is 0 Å². The molecule has 1 aliphatic rings. The predicted octanol–water partition coefficient (Wildman–Crippen LogP) is 2.24. The van der Waals surface area contributed by atoms with Gasteiger partial charge < -0.3 is 15.4 Å². The summed E-state index contributed by atoms with van der Waals surface area (Å²) < 4.78 is 32.9. The maximum Gasteiger partial charge on any atom is 0.261 e. The third-order valence-electron chi connectivity index (χ3n) is 4.84. The molecule has 8 nitrogen and oxygen atoms in total. The summed E-state index contributed by atoms with van der Waals surface area (Å²) in [5.41, 5.74) is 5.69. The Morgan fingerprint density at radius 3 is 2.23 bits per heavy atom. The van der Waals surface area contributed by atoms with Crippen LogP contribution in [0.25, 0.3) is 0 Å². The molecule has 3 N–H and O–H groups in total. The van der Waals surface area contributed by atoms with Gasteiger partial charge in [-0.25, -0.2) is 8.42 Å². The molecule has 10 heteroatoms. The number of nitrogens with two attached hydrogens (primary N) is 1. The molecular formula is C20H22ClN3O5S. The number of nitrogens with zero attached hydrogens (tertiary/aromatic N) is 1. The molecule has 2 amide bonds. The number of nitrogens with one attached hydrogen (secondary N) is 1. The number of amides is 2. The van der Waals surface area contributed by atoms with Crippen LogP contribution in [0.3, 0.4) is 0 Å². The molecule has 0 saturated carbocycles. The summed E-state index contributed by atoms with van der Waals surface area (Å²) in [4.78, 5) is 25.2. The number of likely N-dealkylation sites (tertiary alicyclic amines) is 1. The van der Waals surface area contributed by atoms with Gasteiger partial charge in [0.25, 0.3) is 15.9 Å². The average molecular weight is 452 g/mol. The molecule has 2 aromatic rings.